The Hall–Kier alpha value is -2.28. The van der Waals surface area contributed by atoms with Crippen LogP contribution in [0.2, 0.25) is 0 Å². The first-order valence-corrected chi connectivity index (χ1v) is 6.06. The maximum absolute atomic E-state index is 13.2. The van der Waals surface area contributed by atoms with Crippen LogP contribution in [-0.4, -0.2) is 9.97 Å². The molecule has 0 spiro atoms. The summed E-state index contributed by atoms with van der Waals surface area (Å²) in [5.41, 5.74) is 3.49. The Morgan fingerprint density at radius 2 is 1.65 bits per heavy atom. The molecule has 0 fully saturated rings. The van der Waals surface area contributed by atoms with E-state index in [1.807, 2.05) is 13.8 Å². The van der Waals surface area contributed by atoms with Gasteiger partial charge in [0.15, 0.2) is 0 Å². The van der Waals surface area contributed by atoms with E-state index in [0.29, 0.717) is 11.6 Å². The number of hydrogen-bond donors (Lipinski definition) is 3. The summed E-state index contributed by atoms with van der Waals surface area (Å²) in [7, 11) is 0. The van der Waals surface area contributed by atoms with Crippen molar-refractivity contribution in [2.45, 2.75) is 19.8 Å². The number of halogens is 2. The molecule has 0 bridgehead atoms. The molecule has 0 radical (unpaired) electrons. The van der Waals surface area contributed by atoms with Crippen LogP contribution in [0.15, 0.2) is 24.5 Å². The third-order valence-corrected chi connectivity index (χ3v) is 2.72. The number of benzene rings is 1. The molecule has 0 aliphatic rings. The number of nitrogens with one attached hydrogen (secondary N) is 2. The highest BCUT2D eigenvalue weighted by atomic mass is 19.1. The van der Waals surface area contributed by atoms with Gasteiger partial charge in [0, 0.05) is 17.3 Å². The third kappa shape index (κ3) is 3.00. The van der Waals surface area contributed by atoms with Gasteiger partial charge in [0.05, 0.1) is 0 Å². The van der Waals surface area contributed by atoms with E-state index in [2.05, 4.69) is 20.7 Å². The first-order chi connectivity index (χ1) is 9.51. The lowest BCUT2D eigenvalue weighted by molar-refractivity contribution is 0.584. The molecule has 4 N–H and O–H groups in total. The van der Waals surface area contributed by atoms with E-state index in [1.165, 1.54) is 18.5 Å². The van der Waals surface area contributed by atoms with Crippen LogP contribution >= 0.6 is 0 Å². The fourth-order valence-corrected chi connectivity index (χ4v) is 1.92. The summed E-state index contributed by atoms with van der Waals surface area (Å²) in [5, 5.41) is 2.88. The van der Waals surface area contributed by atoms with Gasteiger partial charge in [-0.1, -0.05) is 13.8 Å². The second kappa shape index (κ2) is 5.79. The van der Waals surface area contributed by atoms with E-state index in [4.69, 9.17) is 5.84 Å². The Bertz CT molecular complexity index is 595. The summed E-state index contributed by atoms with van der Waals surface area (Å²) in [6.45, 7) is 3.88. The molecule has 0 aliphatic heterocycles. The minimum absolute atomic E-state index is 0.0724. The molecule has 2 aromatic rings. The Labute approximate surface area is 115 Å². The molecule has 1 aromatic heterocycles. The molecule has 0 atom stereocenters. The first-order valence-electron chi connectivity index (χ1n) is 6.06. The summed E-state index contributed by atoms with van der Waals surface area (Å²) >= 11 is 0. The van der Waals surface area contributed by atoms with Gasteiger partial charge in [0.1, 0.15) is 29.6 Å². The van der Waals surface area contributed by atoms with Crippen molar-refractivity contribution in [3.63, 3.8) is 0 Å². The minimum atomic E-state index is -0.662. The second-order valence-corrected chi connectivity index (χ2v) is 4.57. The van der Waals surface area contributed by atoms with Crippen LogP contribution < -0.4 is 16.6 Å². The number of anilines is 3. The summed E-state index contributed by atoms with van der Waals surface area (Å²) in [6.07, 6.45) is 1.32. The standard InChI is InChI=1S/C13H15F2N5/c1-7(2)11-12(17-6-18-13(11)20-16)19-10-4-8(14)3-9(15)5-10/h3-7H,16H2,1-2H3,(H2,17,18,19,20). The molecule has 106 valence electrons. The zero-order valence-corrected chi connectivity index (χ0v) is 11.1. The van der Waals surface area contributed by atoms with Gasteiger partial charge in [-0.2, -0.15) is 0 Å². The molecular formula is C13H15F2N5. The fraction of sp³-hybridized carbons (Fsp3) is 0.231. The molecule has 2 rings (SSSR count). The van der Waals surface area contributed by atoms with E-state index in [-0.39, 0.29) is 11.6 Å². The van der Waals surface area contributed by atoms with Gasteiger partial charge in [-0.15, -0.1) is 0 Å². The van der Waals surface area contributed by atoms with Crippen molar-refractivity contribution in [2.75, 3.05) is 10.7 Å². The van der Waals surface area contributed by atoms with E-state index in [9.17, 15) is 8.78 Å². The average molecular weight is 279 g/mol. The summed E-state index contributed by atoms with van der Waals surface area (Å²) in [6, 6.07) is 3.18. The lowest BCUT2D eigenvalue weighted by Crippen LogP contribution is -2.14. The smallest absolute Gasteiger partial charge is 0.148 e. The largest absolute Gasteiger partial charge is 0.340 e. The maximum Gasteiger partial charge on any atom is 0.148 e. The summed E-state index contributed by atoms with van der Waals surface area (Å²) < 4.78 is 26.4. The van der Waals surface area contributed by atoms with Gasteiger partial charge >= 0.3 is 0 Å². The zero-order chi connectivity index (χ0) is 14.7. The molecule has 0 amide bonds. The van der Waals surface area contributed by atoms with Crippen molar-refractivity contribution in [1.29, 1.82) is 0 Å². The van der Waals surface area contributed by atoms with Crippen LogP contribution in [0, 0.1) is 11.6 Å². The monoisotopic (exact) mass is 279 g/mol. The first kappa shape index (κ1) is 14.1. The van der Waals surface area contributed by atoms with Gasteiger partial charge in [-0.05, 0) is 18.1 Å². The molecule has 1 heterocycles. The summed E-state index contributed by atoms with van der Waals surface area (Å²) in [5.74, 6) is 5.08. The number of hydrazine groups is 1. The van der Waals surface area contributed by atoms with Gasteiger partial charge < -0.3 is 10.7 Å². The number of aromatic nitrogens is 2. The minimum Gasteiger partial charge on any atom is -0.340 e. The van der Waals surface area contributed by atoms with Crippen molar-refractivity contribution in [3.8, 4) is 0 Å². The van der Waals surface area contributed by atoms with Crippen molar-refractivity contribution in [3.05, 3.63) is 41.7 Å². The van der Waals surface area contributed by atoms with Crippen molar-refractivity contribution >= 4 is 17.3 Å². The normalized spacial score (nSPS) is 10.7. The van der Waals surface area contributed by atoms with Crippen molar-refractivity contribution < 1.29 is 8.78 Å². The SMILES string of the molecule is CC(C)c1c(NN)ncnc1Nc1cc(F)cc(F)c1. The second-order valence-electron chi connectivity index (χ2n) is 4.57. The van der Waals surface area contributed by atoms with Gasteiger partial charge in [-0.25, -0.2) is 24.6 Å². The average Bonchev–Trinajstić information content (AvgIpc) is 2.36. The van der Waals surface area contributed by atoms with Crippen LogP contribution in [0.3, 0.4) is 0 Å². The summed E-state index contributed by atoms with van der Waals surface area (Å²) in [4.78, 5) is 8.12. The highest BCUT2D eigenvalue weighted by Gasteiger charge is 2.15. The number of rotatable bonds is 4. The van der Waals surface area contributed by atoms with Crippen LogP contribution in [0.25, 0.3) is 0 Å². The lowest BCUT2D eigenvalue weighted by atomic mass is 10.0. The zero-order valence-electron chi connectivity index (χ0n) is 11.1. The highest BCUT2D eigenvalue weighted by molar-refractivity contribution is 5.65. The van der Waals surface area contributed by atoms with Crippen LogP contribution in [-0.2, 0) is 0 Å². The Morgan fingerprint density at radius 1 is 1.05 bits per heavy atom. The van der Waals surface area contributed by atoms with Gasteiger partial charge in [0.2, 0.25) is 0 Å². The number of hydrogen-bond acceptors (Lipinski definition) is 5. The maximum atomic E-state index is 13.2. The predicted octanol–water partition coefficient (Wildman–Crippen LogP) is 2.91. The number of nitrogens with zero attached hydrogens (tertiary/aromatic N) is 2. The van der Waals surface area contributed by atoms with Gasteiger partial charge in [-0.3, -0.25) is 0 Å². The van der Waals surface area contributed by atoms with Crippen LogP contribution in [0.1, 0.15) is 25.3 Å². The molecule has 7 heteroatoms. The van der Waals surface area contributed by atoms with E-state index in [1.54, 1.807) is 0 Å². The Morgan fingerprint density at radius 3 is 2.20 bits per heavy atom. The molecular weight excluding hydrogens is 264 g/mol. The van der Waals surface area contributed by atoms with Crippen LogP contribution in [0.5, 0.6) is 0 Å². The Balaban J connectivity index is 2.42. The number of nitrogens with two attached hydrogens (primary N) is 1. The predicted molar refractivity (Wildman–Crippen MR) is 73.6 cm³/mol. The molecule has 5 nitrogen and oxygen atoms in total. The molecule has 1 aromatic carbocycles. The topological polar surface area (TPSA) is 75.9 Å². The molecule has 0 saturated heterocycles. The highest BCUT2D eigenvalue weighted by Crippen LogP contribution is 2.30. The van der Waals surface area contributed by atoms with Crippen molar-refractivity contribution in [1.82, 2.24) is 9.97 Å². The Kier molecular flexibility index (Phi) is 4.09. The lowest BCUT2D eigenvalue weighted by Gasteiger charge is -2.16. The molecule has 0 unspecified atom stereocenters. The fourth-order valence-electron chi connectivity index (χ4n) is 1.92. The molecule has 0 saturated carbocycles. The van der Waals surface area contributed by atoms with Crippen LogP contribution in [0.4, 0.5) is 26.1 Å². The van der Waals surface area contributed by atoms with Crippen molar-refractivity contribution in [2.24, 2.45) is 5.84 Å². The van der Waals surface area contributed by atoms with E-state index in [0.717, 1.165) is 11.6 Å². The molecule has 0 aliphatic carbocycles. The van der Waals surface area contributed by atoms with E-state index >= 15 is 0 Å². The van der Waals surface area contributed by atoms with E-state index < -0.39 is 11.6 Å². The number of nitrogen functional groups attached to an aromatic ring is 1. The quantitative estimate of drug-likeness (QED) is 0.592. The van der Waals surface area contributed by atoms with Gasteiger partial charge in [0.25, 0.3) is 0 Å². The third-order valence-electron chi connectivity index (χ3n) is 2.72. The molecule has 20 heavy (non-hydrogen) atoms.